The van der Waals surface area contributed by atoms with Crippen LogP contribution in [0.3, 0.4) is 0 Å². The molecule has 1 unspecified atom stereocenters. The first kappa shape index (κ1) is 28.0. The summed E-state index contributed by atoms with van der Waals surface area (Å²) < 4.78 is 8.54. The summed E-state index contributed by atoms with van der Waals surface area (Å²) in [5, 5.41) is 7.69. The van der Waals surface area contributed by atoms with Gasteiger partial charge in [-0.2, -0.15) is 0 Å². The molecular formula is C24H28N6O2S5. The monoisotopic (exact) mass is 592 g/mol. The Morgan fingerprint density at radius 1 is 1.22 bits per heavy atom. The summed E-state index contributed by atoms with van der Waals surface area (Å²) in [7, 11) is 3.71. The van der Waals surface area contributed by atoms with E-state index in [-0.39, 0.29) is 11.3 Å². The average Bonchev–Trinajstić information content (AvgIpc) is 3.20. The second kappa shape index (κ2) is 12.2. The van der Waals surface area contributed by atoms with Crippen LogP contribution in [0, 0.1) is 4.64 Å². The minimum atomic E-state index is -0.185. The molecule has 0 spiro atoms. The molecule has 5 rings (SSSR count). The highest BCUT2D eigenvalue weighted by molar-refractivity contribution is 7.96. The summed E-state index contributed by atoms with van der Waals surface area (Å²) in [5.74, 6) is 1.46. The van der Waals surface area contributed by atoms with Crippen molar-refractivity contribution >= 4 is 95.6 Å². The first-order valence-corrected chi connectivity index (χ1v) is 13.8. The van der Waals surface area contributed by atoms with E-state index in [0.717, 1.165) is 73.9 Å². The molecule has 1 aliphatic rings. The van der Waals surface area contributed by atoms with Gasteiger partial charge in [0.2, 0.25) is 0 Å². The number of nitrogens with one attached hydrogen (secondary N) is 2. The van der Waals surface area contributed by atoms with Crippen molar-refractivity contribution in [3.05, 3.63) is 35.2 Å². The van der Waals surface area contributed by atoms with Gasteiger partial charge in [0.15, 0.2) is 0 Å². The van der Waals surface area contributed by atoms with Crippen molar-refractivity contribution in [2.75, 3.05) is 25.5 Å². The molecule has 0 bridgehead atoms. The van der Waals surface area contributed by atoms with Crippen LogP contribution in [0.1, 0.15) is 19.3 Å². The zero-order chi connectivity index (χ0) is 26.7. The Kier molecular flexibility index (Phi) is 9.22. The summed E-state index contributed by atoms with van der Waals surface area (Å²) >= 11 is 22.2. The summed E-state index contributed by atoms with van der Waals surface area (Å²) in [6.07, 6.45) is 4.59. The first-order valence-electron chi connectivity index (χ1n) is 11.6. The van der Waals surface area contributed by atoms with E-state index < -0.39 is 0 Å². The van der Waals surface area contributed by atoms with Crippen LogP contribution in [0.4, 0.5) is 10.6 Å². The number of carbonyl (C=O) groups excluding carboxylic acids is 1. The van der Waals surface area contributed by atoms with Crippen LogP contribution >= 0.6 is 62.7 Å². The minimum Gasteiger partial charge on any atom is -0.491 e. The van der Waals surface area contributed by atoms with E-state index >= 15 is 0 Å². The van der Waals surface area contributed by atoms with Gasteiger partial charge in [-0.25, -0.2) is 9.97 Å². The topological polar surface area (TPSA) is 88.1 Å². The van der Waals surface area contributed by atoms with Crippen LogP contribution in [0.15, 0.2) is 45.3 Å². The maximum Gasteiger partial charge on any atom is 0.278 e. The molecule has 3 heterocycles. The second-order valence-corrected chi connectivity index (χ2v) is 10.7. The molecule has 196 valence electrons. The molecule has 1 atom stereocenters. The lowest BCUT2D eigenvalue weighted by Crippen LogP contribution is -2.44. The third-order valence-electron chi connectivity index (χ3n) is 6.23. The Balaban J connectivity index is 0.000000195. The summed E-state index contributed by atoms with van der Waals surface area (Å²) in [5.41, 5.74) is 1.77. The van der Waals surface area contributed by atoms with E-state index in [9.17, 15) is 4.79 Å². The number of thiol groups is 4. The number of hydrogen-bond donors (Lipinski definition) is 6. The number of aryl methyl sites for hydroxylation is 1. The number of carbonyl (C=O) groups is 1. The Labute approximate surface area is 242 Å². The van der Waals surface area contributed by atoms with Gasteiger partial charge in [0.05, 0.1) is 27.8 Å². The van der Waals surface area contributed by atoms with Crippen molar-refractivity contribution in [1.29, 1.82) is 0 Å². The fourth-order valence-corrected chi connectivity index (χ4v) is 6.14. The van der Waals surface area contributed by atoms with Gasteiger partial charge in [-0.1, -0.05) is 30.9 Å². The quantitative estimate of drug-likeness (QED) is 0.128. The predicted molar refractivity (Wildman–Crippen MR) is 163 cm³/mol. The molecule has 13 heteroatoms. The van der Waals surface area contributed by atoms with Crippen molar-refractivity contribution in [1.82, 2.24) is 24.6 Å². The van der Waals surface area contributed by atoms with Gasteiger partial charge in [0.1, 0.15) is 29.1 Å². The SMILES string of the molecule is CNc1ncnc2cccc(OCC3CCCCN3C(=O)S)c12.Cn1[nH]c(=S)c2c(S)cc(S)c(S)c21. The molecule has 0 radical (unpaired) electrons. The number of piperidine rings is 1. The van der Waals surface area contributed by atoms with E-state index in [1.807, 2.05) is 43.0 Å². The lowest BCUT2D eigenvalue weighted by atomic mass is 10.0. The number of fused-ring (bicyclic) bond motifs is 2. The normalized spacial score (nSPS) is 15.4. The van der Waals surface area contributed by atoms with Crippen LogP contribution in [0.25, 0.3) is 21.8 Å². The first-order chi connectivity index (χ1) is 17.7. The van der Waals surface area contributed by atoms with Gasteiger partial charge in [-0.15, -0.1) is 37.9 Å². The Morgan fingerprint density at radius 2 is 2.00 bits per heavy atom. The number of nitrogens with zero attached hydrogens (tertiary/aromatic N) is 4. The Hall–Kier alpha value is -2.06. The number of likely N-dealkylation sites (tertiary alicyclic amines) is 1. The second-order valence-electron chi connectivity index (χ2n) is 8.55. The Bertz CT molecular complexity index is 1500. The maximum atomic E-state index is 11.6. The average molecular weight is 593 g/mol. The van der Waals surface area contributed by atoms with E-state index in [0.29, 0.717) is 11.2 Å². The standard InChI is InChI=1S/C16H20N4O2S.C8H8N2S4/c1-17-15-14-12(18-10-19-15)6-4-7-13(14)22-9-11-5-2-3-8-20(11)16(21)23;1-10-6-5(8(14)9-10)3(11)2-4(12)7(6)13/h4,6-7,10-11H,2-3,5,8-9H2,1H3,(H,21,23)(H,17,18,19);2,11-13H,1H3,(H,9,14). The van der Waals surface area contributed by atoms with Crippen LogP contribution in [0.5, 0.6) is 5.75 Å². The van der Waals surface area contributed by atoms with Gasteiger partial charge >= 0.3 is 0 Å². The van der Waals surface area contributed by atoms with Crippen molar-refractivity contribution in [3.63, 3.8) is 0 Å². The summed E-state index contributed by atoms with van der Waals surface area (Å²) in [6.45, 7) is 1.19. The predicted octanol–water partition coefficient (Wildman–Crippen LogP) is 6.06. The molecule has 1 fully saturated rings. The fraction of sp³-hybridized carbons (Fsp3) is 0.333. The fourth-order valence-electron chi connectivity index (χ4n) is 4.45. The minimum absolute atomic E-state index is 0.0617. The smallest absolute Gasteiger partial charge is 0.278 e. The van der Waals surface area contributed by atoms with Crippen molar-refractivity contribution in [2.24, 2.45) is 7.05 Å². The van der Waals surface area contributed by atoms with Crippen LogP contribution in [-0.2, 0) is 7.05 Å². The van der Waals surface area contributed by atoms with Crippen LogP contribution in [-0.4, -0.2) is 56.1 Å². The third-order valence-corrected chi connectivity index (χ3v) is 8.12. The van der Waals surface area contributed by atoms with E-state index in [2.05, 4.69) is 70.9 Å². The molecule has 2 N–H and O–H groups in total. The van der Waals surface area contributed by atoms with Gasteiger partial charge in [0, 0.05) is 35.3 Å². The number of H-pyrrole nitrogens is 1. The van der Waals surface area contributed by atoms with Gasteiger partial charge < -0.3 is 15.0 Å². The number of amides is 1. The third kappa shape index (κ3) is 6.00. The molecule has 1 aliphatic heterocycles. The maximum absolute atomic E-state index is 11.6. The highest BCUT2D eigenvalue weighted by Crippen LogP contribution is 2.33. The van der Waals surface area contributed by atoms with E-state index in [4.69, 9.17) is 17.0 Å². The van der Waals surface area contributed by atoms with Crippen molar-refractivity contribution < 1.29 is 9.53 Å². The zero-order valence-electron chi connectivity index (χ0n) is 20.3. The van der Waals surface area contributed by atoms with Crippen LogP contribution < -0.4 is 10.1 Å². The largest absolute Gasteiger partial charge is 0.491 e. The molecule has 37 heavy (non-hydrogen) atoms. The molecule has 2 aromatic carbocycles. The molecule has 4 aromatic rings. The van der Waals surface area contributed by atoms with E-state index in [1.165, 1.54) is 6.33 Å². The highest BCUT2D eigenvalue weighted by Gasteiger charge is 2.26. The number of hydrogen-bond acceptors (Lipinski definition) is 9. The summed E-state index contributed by atoms with van der Waals surface area (Å²) in [4.78, 5) is 24.4. The van der Waals surface area contributed by atoms with Gasteiger partial charge in [0.25, 0.3) is 5.24 Å². The van der Waals surface area contributed by atoms with Crippen molar-refractivity contribution in [3.8, 4) is 5.75 Å². The number of rotatable bonds is 4. The van der Waals surface area contributed by atoms with Gasteiger partial charge in [-0.3, -0.25) is 14.6 Å². The number of aromatic amines is 1. The Morgan fingerprint density at radius 3 is 2.73 bits per heavy atom. The zero-order valence-corrected chi connectivity index (χ0v) is 24.7. The lowest BCUT2D eigenvalue weighted by molar-refractivity contribution is 0.132. The molecule has 1 saturated heterocycles. The molecule has 0 aliphatic carbocycles. The number of ether oxygens (including phenoxy) is 1. The molecular weight excluding hydrogens is 565 g/mol. The molecule has 8 nitrogen and oxygen atoms in total. The molecule has 0 saturated carbocycles. The summed E-state index contributed by atoms with van der Waals surface area (Å²) in [6, 6.07) is 7.65. The number of aromatic nitrogens is 4. The van der Waals surface area contributed by atoms with E-state index in [1.54, 1.807) is 4.90 Å². The number of anilines is 1. The van der Waals surface area contributed by atoms with Crippen LogP contribution in [0.2, 0.25) is 0 Å². The van der Waals surface area contributed by atoms with Crippen molar-refractivity contribution in [2.45, 2.75) is 40.0 Å². The molecule has 2 aromatic heterocycles. The number of benzene rings is 2. The lowest BCUT2D eigenvalue weighted by Gasteiger charge is -2.34. The van der Waals surface area contributed by atoms with Gasteiger partial charge in [-0.05, 0) is 37.5 Å². The molecule has 1 amide bonds. The highest BCUT2D eigenvalue weighted by atomic mass is 32.1.